The Kier molecular flexibility index (Phi) is 3.37. The van der Waals surface area contributed by atoms with E-state index in [-0.39, 0.29) is 0 Å². The molecule has 0 bridgehead atoms. The Labute approximate surface area is 54.3 Å². The summed E-state index contributed by atoms with van der Waals surface area (Å²) in [4.78, 5) is 0. The van der Waals surface area contributed by atoms with Crippen LogP contribution in [0, 0.1) is 6.04 Å². The van der Waals surface area contributed by atoms with E-state index in [0.717, 1.165) is 0 Å². The molecular weight excluding hydrogens is 112 g/mol. The highest BCUT2D eigenvalue weighted by Crippen LogP contribution is 2.13. The summed E-state index contributed by atoms with van der Waals surface area (Å²) in [5.41, 5.74) is 0. The van der Waals surface area contributed by atoms with Crippen LogP contribution in [-0.2, 0) is 0 Å². The van der Waals surface area contributed by atoms with Crippen molar-refractivity contribution >= 4 is 8.07 Å². The van der Waals surface area contributed by atoms with Gasteiger partial charge in [-0.3, -0.25) is 0 Å². The minimum atomic E-state index is -0.802. The zero-order valence-electron chi connectivity index (χ0n) is 6.49. The summed E-state index contributed by atoms with van der Waals surface area (Å²) in [5, 5.41) is 0. The molecular formula is C7H17Si. The van der Waals surface area contributed by atoms with Gasteiger partial charge in [-0.15, -0.1) is 0 Å². The molecule has 0 saturated carbocycles. The lowest BCUT2D eigenvalue weighted by atomic mass is 10.6. The van der Waals surface area contributed by atoms with E-state index < -0.39 is 8.07 Å². The average Bonchev–Trinajstić information content (AvgIpc) is 1.67. The van der Waals surface area contributed by atoms with E-state index in [4.69, 9.17) is 0 Å². The maximum Gasteiger partial charge on any atom is 0.0501 e. The summed E-state index contributed by atoms with van der Waals surface area (Å²) in [6, 6.07) is 3.86. The third kappa shape index (κ3) is 3.25. The summed E-state index contributed by atoms with van der Waals surface area (Å²) in [6.45, 7) is 9.28. The molecule has 8 heavy (non-hydrogen) atoms. The lowest BCUT2D eigenvalue weighted by Crippen LogP contribution is -2.24. The van der Waals surface area contributed by atoms with Crippen LogP contribution in [0.5, 0.6) is 0 Å². The molecule has 1 heteroatoms. The van der Waals surface area contributed by atoms with Gasteiger partial charge in [-0.05, 0) is 6.04 Å². The lowest BCUT2D eigenvalue weighted by Gasteiger charge is -2.17. The molecule has 0 atom stereocenters. The fourth-order valence-corrected chi connectivity index (χ4v) is 2.37. The lowest BCUT2D eigenvalue weighted by molar-refractivity contribution is 1.05. The van der Waals surface area contributed by atoms with Crippen molar-refractivity contribution in [3.63, 3.8) is 0 Å². The zero-order valence-corrected chi connectivity index (χ0v) is 7.49. The highest BCUT2D eigenvalue weighted by molar-refractivity contribution is 6.80. The van der Waals surface area contributed by atoms with Gasteiger partial charge < -0.3 is 0 Å². The van der Waals surface area contributed by atoms with Gasteiger partial charge in [-0.2, -0.15) is 0 Å². The van der Waals surface area contributed by atoms with Crippen molar-refractivity contribution in [3.8, 4) is 0 Å². The van der Waals surface area contributed by atoms with Crippen LogP contribution in [0.3, 0.4) is 0 Å². The third-order valence-electron chi connectivity index (χ3n) is 1.68. The van der Waals surface area contributed by atoms with Gasteiger partial charge in [0, 0.05) is 0 Å². The predicted octanol–water partition coefficient (Wildman–Crippen LogP) is 2.87. The number of hydrogen-bond donors (Lipinski definition) is 0. The molecule has 0 saturated heterocycles. The van der Waals surface area contributed by atoms with E-state index in [1.165, 1.54) is 12.5 Å². The SMILES string of the molecule is C[CH][Si](C)(C)CCC. The average molecular weight is 129 g/mol. The van der Waals surface area contributed by atoms with Crippen molar-refractivity contribution in [2.45, 2.75) is 39.4 Å². The van der Waals surface area contributed by atoms with Gasteiger partial charge in [0.2, 0.25) is 0 Å². The van der Waals surface area contributed by atoms with Crippen molar-refractivity contribution in [3.05, 3.63) is 6.04 Å². The molecule has 0 aromatic rings. The van der Waals surface area contributed by atoms with Crippen LogP contribution in [0.15, 0.2) is 0 Å². The standard InChI is InChI=1S/C7H17Si/c1-5-7-8(3,4)6-2/h6H,5,7H2,1-4H3. The normalized spacial score (nSPS) is 12.0. The molecule has 0 unspecified atom stereocenters. The Morgan fingerprint density at radius 1 is 1.38 bits per heavy atom. The van der Waals surface area contributed by atoms with Gasteiger partial charge in [-0.25, -0.2) is 0 Å². The summed E-state index contributed by atoms with van der Waals surface area (Å²) >= 11 is 0. The van der Waals surface area contributed by atoms with Gasteiger partial charge >= 0.3 is 0 Å². The van der Waals surface area contributed by atoms with Crippen LogP contribution < -0.4 is 0 Å². The quantitative estimate of drug-likeness (QED) is 0.514. The van der Waals surface area contributed by atoms with Crippen molar-refractivity contribution < 1.29 is 0 Å². The highest BCUT2D eigenvalue weighted by atomic mass is 28.3. The Hall–Kier alpha value is 0.217. The molecule has 0 aliphatic rings. The molecule has 0 aromatic heterocycles. The number of rotatable bonds is 3. The largest absolute Gasteiger partial charge is 0.0692 e. The van der Waals surface area contributed by atoms with Crippen LogP contribution in [0.1, 0.15) is 20.3 Å². The Bertz CT molecular complexity index is 57.4. The van der Waals surface area contributed by atoms with Crippen molar-refractivity contribution in [2.75, 3.05) is 0 Å². The van der Waals surface area contributed by atoms with Gasteiger partial charge in [0.15, 0.2) is 0 Å². The molecule has 49 valence electrons. The van der Waals surface area contributed by atoms with Gasteiger partial charge in [0.25, 0.3) is 0 Å². The van der Waals surface area contributed by atoms with Crippen molar-refractivity contribution in [1.29, 1.82) is 0 Å². The highest BCUT2D eigenvalue weighted by Gasteiger charge is 2.15. The molecule has 0 heterocycles. The molecule has 0 aliphatic carbocycles. The van der Waals surface area contributed by atoms with Gasteiger partial charge in [0.1, 0.15) is 0 Å². The third-order valence-corrected chi connectivity index (χ3v) is 5.03. The first-order valence-corrected chi connectivity index (χ1v) is 6.71. The molecule has 0 N–H and O–H groups in total. The maximum atomic E-state index is 2.41. The van der Waals surface area contributed by atoms with Crippen LogP contribution in [0.2, 0.25) is 19.1 Å². The van der Waals surface area contributed by atoms with Crippen molar-refractivity contribution in [2.24, 2.45) is 0 Å². The van der Waals surface area contributed by atoms with Gasteiger partial charge in [0.05, 0.1) is 8.07 Å². The molecule has 0 rings (SSSR count). The van der Waals surface area contributed by atoms with E-state index in [0.29, 0.717) is 0 Å². The zero-order chi connectivity index (χ0) is 6.62. The molecule has 0 fully saturated rings. The van der Waals surface area contributed by atoms with Gasteiger partial charge in [-0.1, -0.05) is 39.4 Å². The maximum absolute atomic E-state index is 2.41. The molecule has 0 amide bonds. The first-order valence-electron chi connectivity index (χ1n) is 3.43. The Morgan fingerprint density at radius 2 is 1.88 bits per heavy atom. The van der Waals surface area contributed by atoms with E-state index in [1.54, 1.807) is 0 Å². The smallest absolute Gasteiger partial charge is 0.0501 e. The second-order valence-corrected chi connectivity index (χ2v) is 8.08. The molecule has 0 aliphatic heterocycles. The minimum Gasteiger partial charge on any atom is -0.0692 e. The van der Waals surface area contributed by atoms with E-state index in [2.05, 4.69) is 33.0 Å². The van der Waals surface area contributed by atoms with Crippen LogP contribution >= 0.6 is 0 Å². The predicted molar refractivity (Wildman–Crippen MR) is 42.6 cm³/mol. The summed E-state index contributed by atoms with van der Waals surface area (Å²) in [7, 11) is -0.802. The van der Waals surface area contributed by atoms with E-state index >= 15 is 0 Å². The molecule has 0 nitrogen and oxygen atoms in total. The summed E-state index contributed by atoms with van der Waals surface area (Å²) in [6.07, 6.45) is 1.35. The summed E-state index contributed by atoms with van der Waals surface area (Å²) < 4.78 is 0. The molecule has 0 aromatic carbocycles. The monoisotopic (exact) mass is 129 g/mol. The fraction of sp³-hybridized carbons (Fsp3) is 0.857. The van der Waals surface area contributed by atoms with Crippen LogP contribution in [0.4, 0.5) is 0 Å². The van der Waals surface area contributed by atoms with Crippen LogP contribution in [-0.4, -0.2) is 8.07 Å². The van der Waals surface area contributed by atoms with Crippen LogP contribution in [0.25, 0.3) is 0 Å². The second-order valence-electron chi connectivity index (χ2n) is 3.03. The Balaban J connectivity index is 3.37. The summed E-state index contributed by atoms with van der Waals surface area (Å²) in [5.74, 6) is 0. The number of hydrogen-bond acceptors (Lipinski definition) is 0. The fourth-order valence-electron chi connectivity index (χ4n) is 0.789. The molecule has 0 spiro atoms. The second kappa shape index (κ2) is 3.28. The van der Waals surface area contributed by atoms with Crippen molar-refractivity contribution in [1.82, 2.24) is 0 Å². The minimum absolute atomic E-state index is 0.802. The van der Waals surface area contributed by atoms with E-state index in [9.17, 15) is 0 Å². The van der Waals surface area contributed by atoms with E-state index in [1.807, 2.05) is 0 Å². The topological polar surface area (TPSA) is 0 Å². The first kappa shape index (κ1) is 8.22. The molecule has 1 radical (unpaired) electrons. The Morgan fingerprint density at radius 3 is 2.00 bits per heavy atom. The first-order chi connectivity index (χ1) is 3.62.